The molecule has 0 bridgehead atoms. The molecule has 4 nitrogen and oxygen atoms in total. The van der Waals surface area contributed by atoms with Gasteiger partial charge in [-0.3, -0.25) is 4.79 Å². The molecule has 1 aliphatic heterocycles. The predicted molar refractivity (Wildman–Crippen MR) is 110 cm³/mol. The van der Waals surface area contributed by atoms with Crippen LogP contribution in [0.15, 0.2) is 77.0 Å². The Kier molecular flexibility index (Phi) is 5.03. The van der Waals surface area contributed by atoms with E-state index in [-0.39, 0.29) is 22.9 Å². The van der Waals surface area contributed by atoms with E-state index in [0.717, 1.165) is 10.0 Å². The molecular weight excluding hydrogens is 444 g/mol. The van der Waals surface area contributed by atoms with Crippen LogP contribution < -0.4 is 9.47 Å². The predicted octanol–water partition coefficient (Wildman–Crippen LogP) is 5.94. The van der Waals surface area contributed by atoms with Crippen molar-refractivity contribution < 1.29 is 19.1 Å². The first-order chi connectivity index (χ1) is 13.5. The van der Waals surface area contributed by atoms with E-state index in [1.165, 1.54) is 6.07 Å². The first kappa shape index (κ1) is 18.5. The van der Waals surface area contributed by atoms with E-state index < -0.39 is 5.97 Å². The Morgan fingerprint density at radius 1 is 1.04 bits per heavy atom. The highest BCUT2D eigenvalue weighted by Crippen LogP contribution is 2.35. The number of hydrogen-bond donors (Lipinski definition) is 0. The Morgan fingerprint density at radius 3 is 2.64 bits per heavy atom. The van der Waals surface area contributed by atoms with Crippen LogP contribution in [0.1, 0.15) is 26.3 Å². The maximum atomic E-state index is 12.6. The van der Waals surface area contributed by atoms with Crippen LogP contribution in [0.2, 0.25) is 5.02 Å². The second kappa shape index (κ2) is 7.62. The van der Waals surface area contributed by atoms with E-state index >= 15 is 0 Å². The monoisotopic (exact) mass is 454 g/mol. The highest BCUT2D eigenvalue weighted by molar-refractivity contribution is 9.10. The maximum Gasteiger partial charge on any atom is 0.345 e. The molecule has 0 fully saturated rings. The first-order valence-electron chi connectivity index (χ1n) is 8.32. The summed E-state index contributed by atoms with van der Waals surface area (Å²) in [5, 5.41) is 0.305. The number of fused-ring (bicyclic) bond motifs is 1. The van der Waals surface area contributed by atoms with Crippen molar-refractivity contribution in [2.24, 2.45) is 0 Å². The zero-order valence-corrected chi connectivity index (χ0v) is 16.7. The number of ether oxygens (including phenoxy) is 2. The van der Waals surface area contributed by atoms with E-state index in [1.54, 1.807) is 42.5 Å². The minimum Gasteiger partial charge on any atom is -0.452 e. The second-order valence-corrected chi connectivity index (χ2v) is 7.34. The van der Waals surface area contributed by atoms with Crippen molar-refractivity contribution in [3.05, 3.63) is 98.7 Å². The van der Waals surface area contributed by atoms with Crippen molar-refractivity contribution in [3.63, 3.8) is 0 Å². The molecule has 1 aliphatic rings. The molecule has 1 heterocycles. The third-order valence-corrected chi connectivity index (χ3v) is 4.92. The smallest absolute Gasteiger partial charge is 0.345 e. The highest BCUT2D eigenvalue weighted by atomic mass is 79.9. The van der Waals surface area contributed by atoms with Crippen LogP contribution >= 0.6 is 27.5 Å². The number of rotatable bonds is 3. The average Bonchev–Trinajstić information content (AvgIpc) is 2.97. The van der Waals surface area contributed by atoms with E-state index in [1.807, 2.05) is 24.3 Å². The Bertz CT molecular complexity index is 1140. The molecule has 0 aliphatic carbocycles. The molecule has 0 aromatic heterocycles. The molecule has 0 N–H and O–H groups in total. The molecular formula is C22H12BrClO4. The molecule has 0 unspecified atom stereocenters. The SMILES string of the molecule is O=C(Oc1ccc2c(c1)OC(=Cc1cccc(Br)c1)C2=O)c1ccccc1Cl. The lowest BCUT2D eigenvalue weighted by molar-refractivity contribution is 0.0734. The van der Waals surface area contributed by atoms with Gasteiger partial charge in [-0.2, -0.15) is 0 Å². The first-order valence-corrected chi connectivity index (χ1v) is 9.49. The molecule has 28 heavy (non-hydrogen) atoms. The summed E-state index contributed by atoms with van der Waals surface area (Å²) in [6.07, 6.45) is 1.67. The minimum absolute atomic E-state index is 0.211. The quantitative estimate of drug-likeness (QED) is 0.279. The zero-order chi connectivity index (χ0) is 19.7. The Morgan fingerprint density at radius 2 is 1.86 bits per heavy atom. The van der Waals surface area contributed by atoms with Gasteiger partial charge in [0.1, 0.15) is 11.5 Å². The average molecular weight is 456 g/mol. The van der Waals surface area contributed by atoms with E-state index in [4.69, 9.17) is 21.1 Å². The van der Waals surface area contributed by atoms with Gasteiger partial charge in [0.15, 0.2) is 5.76 Å². The molecule has 0 saturated heterocycles. The second-order valence-electron chi connectivity index (χ2n) is 6.02. The largest absolute Gasteiger partial charge is 0.452 e. The summed E-state index contributed by atoms with van der Waals surface area (Å²) in [5.41, 5.74) is 1.51. The molecule has 3 aromatic rings. The third kappa shape index (κ3) is 3.72. The van der Waals surface area contributed by atoms with Gasteiger partial charge in [0.25, 0.3) is 0 Å². The Labute approximate surface area is 174 Å². The highest BCUT2D eigenvalue weighted by Gasteiger charge is 2.28. The summed E-state index contributed by atoms with van der Waals surface area (Å²) in [6.45, 7) is 0. The number of benzene rings is 3. The molecule has 6 heteroatoms. The van der Waals surface area contributed by atoms with Gasteiger partial charge in [-0.05, 0) is 48.0 Å². The van der Waals surface area contributed by atoms with Crippen molar-refractivity contribution in [1.82, 2.24) is 0 Å². The number of esters is 1. The van der Waals surface area contributed by atoms with Gasteiger partial charge in [-0.25, -0.2) is 4.79 Å². The number of ketones is 1. The topological polar surface area (TPSA) is 52.6 Å². The van der Waals surface area contributed by atoms with Gasteiger partial charge in [-0.15, -0.1) is 0 Å². The molecule has 138 valence electrons. The fraction of sp³-hybridized carbons (Fsp3) is 0. The Hall–Kier alpha value is -2.89. The summed E-state index contributed by atoms with van der Waals surface area (Å²) in [4.78, 5) is 24.9. The zero-order valence-electron chi connectivity index (χ0n) is 14.3. The molecule has 0 atom stereocenters. The fourth-order valence-electron chi connectivity index (χ4n) is 2.77. The van der Waals surface area contributed by atoms with Gasteiger partial charge in [0.05, 0.1) is 16.1 Å². The number of carbonyl (C=O) groups excluding carboxylic acids is 2. The third-order valence-electron chi connectivity index (χ3n) is 4.09. The van der Waals surface area contributed by atoms with E-state index in [9.17, 15) is 9.59 Å². The van der Waals surface area contributed by atoms with Gasteiger partial charge >= 0.3 is 5.97 Å². The number of hydrogen-bond acceptors (Lipinski definition) is 4. The summed E-state index contributed by atoms with van der Waals surface area (Å²) in [6, 6.07) is 18.8. The van der Waals surface area contributed by atoms with Crippen molar-refractivity contribution in [2.45, 2.75) is 0 Å². The molecule has 4 rings (SSSR count). The normalized spacial score (nSPS) is 13.9. The molecule has 0 saturated carbocycles. The lowest BCUT2D eigenvalue weighted by Gasteiger charge is -2.06. The molecule has 0 radical (unpaired) electrons. The van der Waals surface area contributed by atoms with Crippen LogP contribution in [0.4, 0.5) is 0 Å². The summed E-state index contributed by atoms with van der Waals surface area (Å²) < 4.78 is 12.0. The maximum absolute atomic E-state index is 12.6. The van der Waals surface area contributed by atoms with Crippen molar-refractivity contribution in [2.75, 3.05) is 0 Å². The van der Waals surface area contributed by atoms with Crippen LogP contribution in [0, 0.1) is 0 Å². The summed E-state index contributed by atoms with van der Waals surface area (Å²) in [5.74, 6) is 0.0114. The number of allylic oxidation sites excluding steroid dienone is 1. The van der Waals surface area contributed by atoms with Gasteiger partial charge < -0.3 is 9.47 Å². The Balaban J connectivity index is 1.57. The molecule has 0 amide bonds. The standard InChI is InChI=1S/C22H12BrClO4/c23-14-5-3-4-13(10-14)11-20-21(25)17-9-8-15(12-19(17)28-20)27-22(26)16-6-1-2-7-18(16)24/h1-12H. The van der Waals surface area contributed by atoms with E-state index in [0.29, 0.717) is 16.3 Å². The summed E-state index contributed by atoms with van der Waals surface area (Å²) >= 11 is 9.42. The van der Waals surface area contributed by atoms with Gasteiger partial charge in [0, 0.05) is 10.5 Å². The number of halogens is 2. The molecule has 0 spiro atoms. The minimum atomic E-state index is -0.584. The van der Waals surface area contributed by atoms with Crippen LogP contribution in [0.3, 0.4) is 0 Å². The van der Waals surface area contributed by atoms with Crippen LogP contribution in [-0.2, 0) is 0 Å². The fourth-order valence-corrected chi connectivity index (χ4v) is 3.40. The lowest BCUT2D eigenvalue weighted by atomic mass is 10.1. The lowest BCUT2D eigenvalue weighted by Crippen LogP contribution is -2.09. The number of Topliss-reactive ketones (excluding diaryl/α,β-unsaturated/α-hetero) is 1. The van der Waals surface area contributed by atoms with Gasteiger partial charge in [0.2, 0.25) is 5.78 Å². The van der Waals surface area contributed by atoms with Crippen LogP contribution in [-0.4, -0.2) is 11.8 Å². The number of carbonyl (C=O) groups is 2. The van der Waals surface area contributed by atoms with Crippen LogP contribution in [0.25, 0.3) is 6.08 Å². The van der Waals surface area contributed by atoms with Crippen LogP contribution in [0.5, 0.6) is 11.5 Å². The summed E-state index contributed by atoms with van der Waals surface area (Å²) in [7, 11) is 0. The van der Waals surface area contributed by atoms with Crippen molar-refractivity contribution in [3.8, 4) is 11.5 Å². The van der Waals surface area contributed by atoms with Gasteiger partial charge in [-0.1, -0.05) is 51.8 Å². The van der Waals surface area contributed by atoms with Crippen molar-refractivity contribution in [1.29, 1.82) is 0 Å². The van der Waals surface area contributed by atoms with E-state index in [2.05, 4.69) is 15.9 Å². The molecule has 3 aromatic carbocycles. The van der Waals surface area contributed by atoms with Crippen molar-refractivity contribution >= 4 is 45.4 Å².